The van der Waals surface area contributed by atoms with Crippen molar-refractivity contribution >= 4 is 21.6 Å². The Morgan fingerprint density at radius 2 is 1.93 bits per heavy atom. The largest absolute Gasteiger partial charge is 0.309 e. The summed E-state index contributed by atoms with van der Waals surface area (Å²) < 4.78 is 30.4. The van der Waals surface area contributed by atoms with Crippen LogP contribution in [0.1, 0.15) is 30.5 Å². The van der Waals surface area contributed by atoms with Gasteiger partial charge in [0.1, 0.15) is 0 Å². The zero-order chi connectivity index (χ0) is 21.3. The topological polar surface area (TPSA) is 84.3 Å². The first-order valence-corrected chi connectivity index (χ1v) is 11.3. The molecule has 0 saturated carbocycles. The molecule has 1 aromatic heterocycles. The number of hydrogen-bond acceptors (Lipinski definition) is 4. The van der Waals surface area contributed by atoms with E-state index in [9.17, 15) is 13.2 Å². The SMILES string of the molecule is CC(=O)N1c2ccc(S(=O)(=O)NCc3ccccc3Cn3cccn3)cc2CC1C. The number of fused-ring (bicyclic) bond motifs is 1. The predicted molar refractivity (Wildman–Crippen MR) is 115 cm³/mol. The van der Waals surface area contributed by atoms with Crippen molar-refractivity contribution in [3.63, 3.8) is 0 Å². The summed E-state index contributed by atoms with van der Waals surface area (Å²) in [5.41, 5.74) is 3.57. The van der Waals surface area contributed by atoms with Gasteiger partial charge < -0.3 is 4.90 Å². The molecule has 3 aromatic rings. The monoisotopic (exact) mass is 424 g/mol. The third-order valence-electron chi connectivity index (χ3n) is 5.38. The highest BCUT2D eigenvalue weighted by Gasteiger charge is 2.30. The zero-order valence-electron chi connectivity index (χ0n) is 16.9. The number of carbonyl (C=O) groups is 1. The van der Waals surface area contributed by atoms with Gasteiger partial charge in [-0.3, -0.25) is 9.48 Å². The third-order valence-corrected chi connectivity index (χ3v) is 6.78. The van der Waals surface area contributed by atoms with Gasteiger partial charge in [0.15, 0.2) is 0 Å². The minimum Gasteiger partial charge on any atom is -0.309 e. The van der Waals surface area contributed by atoms with Gasteiger partial charge in [-0.05, 0) is 54.3 Å². The highest BCUT2D eigenvalue weighted by molar-refractivity contribution is 7.89. The van der Waals surface area contributed by atoms with E-state index in [4.69, 9.17) is 0 Å². The Morgan fingerprint density at radius 3 is 2.63 bits per heavy atom. The summed E-state index contributed by atoms with van der Waals surface area (Å²) in [7, 11) is -3.69. The molecule has 1 unspecified atom stereocenters. The van der Waals surface area contributed by atoms with Crippen molar-refractivity contribution in [2.45, 2.75) is 44.3 Å². The Balaban J connectivity index is 1.53. The maximum atomic E-state index is 12.9. The summed E-state index contributed by atoms with van der Waals surface area (Å²) in [6.45, 7) is 4.25. The number of hydrogen-bond donors (Lipinski definition) is 1. The molecule has 1 atom stereocenters. The summed E-state index contributed by atoms with van der Waals surface area (Å²) in [6, 6.07) is 14.5. The lowest BCUT2D eigenvalue weighted by atomic mass is 10.1. The lowest BCUT2D eigenvalue weighted by molar-refractivity contribution is -0.116. The minimum atomic E-state index is -3.69. The molecule has 1 aliphatic heterocycles. The van der Waals surface area contributed by atoms with Crippen LogP contribution >= 0.6 is 0 Å². The van der Waals surface area contributed by atoms with Crippen molar-refractivity contribution in [1.82, 2.24) is 14.5 Å². The smallest absolute Gasteiger partial charge is 0.240 e. The Hall–Kier alpha value is -2.97. The minimum absolute atomic E-state index is 0.0255. The number of aromatic nitrogens is 2. The van der Waals surface area contributed by atoms with Gasteiger partial charge >= 0.3 is 0 Å². The van der Waals surface area contributed by atoms with Crippen LogP contribution in [0.25, 0.3) is 0 Å². The lowest BCUT2D eigenvalue weighted by Gasteiger charge is -2.20. The van der Waals surface area contributed by atoms with E-state index in [1.165, 1.54) is 6.92 Å². The molecule has 0 aliphatic carbocycles. The molecule has 2 aromatic carbocycles. The maximum absolute atomic E-state index is 12.9. The van der Waals surface area contributed by atoms with Crippen LogP contribution in [0.2, 0.25) is 0 Å². The normalized spacial score (nSPS) is 15.9. The lowest BCUT2D eigenvalue weighted by Crippen LogP contribution is -2.33. The second kappa shape index (κ2) is 8.04. The molecular weight excluding hydrogens is 400 g/mol. The van der Waals surface area contributed by atoms with E-state index in [1.807, 2.05) is 43.5 Å². The first-order chi connectivity index (χ1) is 14.3. The molecule has 8 heteroatoms. The van der Waals surface area contributed by atoms with Crippen LogP contribution in [-0.4, -0.2) is 30.1 Å². The molecule has 156 valence electrons. The number of sulfonamides is 1. The molecule has 7 nitrogen and oxygen atoms in total. The van der Waals surface area contributed by atoms with Gasteiger partial charge in [0.25, 0.3) is 0 Å². The standard InChI is InChI=1S/C22H24N4O3S/c1-16-12-20-13-21(8-9-22(20)26(16)17(2)27)30(28,29)24-14-18-6-3-4-7-19(18)15-25-11-5-10-23-25/h3-11,13,16,24H,12,14-15H2,1-2H3. The van der Waals surface area contributed by atoms with Gasteiger partial charge in [-0.25, -0.2) is 13.1 Å². The number of amides is 1. The second-order valence-corrected chi connectivity index (χ2v) is 9.30. The first-order valence-electron chi connectivity index (χ1n) is 9.82. The molecule has 0 saturated heterocycles. The second-order valence-electron chi connectivity index (χ2n) is 7.53. The highest BCUT2D eigenvalue weighted by atomic mass is 32.2. The number of rotatable bonds is 6. The fourth-order valence-corrected chi connectivity index (χ4v) is 5.02. The third kappa shape index (κ3) is 4.01. The molecule has 4 rings (SSSR count). The zero-order valence-corrected chi connectivity index (χ0v) is 17.8. The number of nitrogens with one attached hydrogen (secondary N) is 1. The summed E-state index contributed by atoms with van der Waals surface area (Å²) in [6.07, 6.45) is 4.23. The fraction of sp³-hybridized carbons (Fsp3) is 0.273. The fourth-order valence-electron chi connectivity index (χ4n) is 3.96. The summed E-state index contributed by atoms with van der Waals surface area (Å²) in [4.78, 5) is 13.8. The molecule has 2 heterocycles. The molecular formula is C22H24N4O3S. The van der Waals surface area contributed by atoms with E-state index < -0.39 is 10.0 Å². The molecule has 0 spiro atoms. The molecule has 1 N–H and O–H groups in total. The Bertz CT molecular complexity index is 1170. The molecule has 1 amide bonds. The van der Waals surface area contributed by atoms with Crippen molar-refractivity contribution in [2.75, 3.05) is 4.90 Å². The van der Waals surface area contributed by atoms with Crippen molar-refractivity contribution < 1.29 is 13.2 Å². The maximum Gasteiger partial charge on any atom is 0.240 e. The van der Waals surface area contributed by atoms with Crippen LogP contribution in [0.15, 0.2) is 65.8 Å². The van der Waals surface area contributed by atoms with Gasteiger partial charge in [-0.2, -0.15) is 5.10 Å². The molecule has 0 radical (unpaired) electrons. The van der Waals surface area contributed by atoms with E-state index in [0.717, 1.165) is 22.4 Å². The Morgan fingerprint density at radius 1 is 1.17 bits per heavy atom. The van der Waals surface area contributed by atoms with Crippen molar-refractivity contribution in [3.05, 3.63) is 77.6 Å². The van der Waals surface area contributed by atoms with Gasteiger partial charge in [0.2, 0.25) is 15.9 Å². The van der Waals surface area contributed by atoms with Crippen molar-refractivity contribution in [3.8, 4) is 0 Å². The number of nitrogens with zero attached hydrogens (tertiary/aromatic N) is 3. The van der Waals surface area contributed by atoms with Crippen molar-refractivity contribution in [2.24, 2.45) is 0 Å². The van der Waals surface area contributed by atoms with E-state index in [1.54, 1.807) is 34.0 Å². The number of benzene rings is 2. The van der Waals surface area contributed by atoms with Crippen molar-refractivity contribution in [1.29, 1.82) is 0 Å². The van der Waals surface area contributed by atoms with Crippen LogP contribution in [0, 0.1) is 0 Å². The summed E-state index contributed by atoms with van der Waals surface area (Å²) in [5, 5.41) is 4.22. The number of carbonyl (C=O) groups excluding carboxylic acids is 1. The molecule has 1 aliphatic rings. The predicted octanol–water partition coefficient (Wildman–Crippen LogP) is 2.71. The average molecular weight is 425 g/mol. The number of anilines is 1. The van der Waals surface area contributed by atoms with Gasteiger partial charge in [-0.1, -0.05) is 24.3 Å². The molecule has 30 heavy (non-hydrogen) atoms. The Labute approximate surface area is 176 Å². The van der Waals surface area contributed by atoms with Crippen LogP contribution in [-0.2, 0) is 34.3 Å². The van der Waals surface area contributed by atoms with E-state index >= 15 is 0 Å². The van der Waals surface area contributed by atoms with Gasteiger partial charge in [-0.15, -0.1) is 0 Å². The van der Waals surface area contributed by atoms with Crippen LogP contribution < -0.4 is 9.62 Å². The van der Waals surface area contributed by atoms with Crippen LogP contribution in [0.3, 0.4) is 0 Å². The summed E-state index contributed by atoms with van der Waals surface area (Å²) >= 11 is 0. The van der Waals surface area contributed by atoms with Crippen LogP contribution in [0.5, 0.6) is 0 Å². The molecule has 0 fully saturated rings. The van der Waals surface area contributed by atoms with Crippen LogP contribution in [0.4, 0.5) is 5.69 Å². The molecule has 0 bridgehead atoms. The average Bonchev–Trinajstić information content (AvgIpc) is 3.33. The quantitative estimate of drug-likeness (QED) is 0.659. The summed E-state index contributed by atoms with van der Waals surface area (Å²) in [5.74, 6) is -0.0382. The van der Waals surface area contributed by atoms with Gasteiger partial charge in [0.05, 0.1) is 11.4 Å². The Kier molecular flexibility index (Phi) is 5.44. The van der Waals surface area contributed by atoms with Gasteiger partial charge in [0, 0.05) is 37.6 Å². The first kappa shape index (κ1) is 20.3. The highest BCUT2D eigenvalue weighted by Crippen LogP contribution is 2.33. The van der Waals surface area contributed by atoms with E-state index in [-0.39, 0.29) is 23.4 Å². The van der Waals surface area contributed by atoms with E-state index in [0.29, 0.717) is 13.0 Å². The van der Waals surface area contributed by atoms with E-state index in [2.05, 4.69) is 9.82 Å².